The fourth-order valence-corrected chi connectivity index (χ4v) is 1.99. The summed E-state index contributed by atoms with van der Waals surface area (Å²) in [6, 6.07) is 3.16. The van der Waals surface area contributed by atoms with Gasteiger partial charge in [0, 0.05) is 11.6 Å². The Kier molecular flexibility index (Phi) is 4.16. The van der Waals surface area contributed by atoms with Crippen molar-refractivity contribution in [2.24, 2.45) is 0 Å². The van der Waals surface area contributed by atoms with E-state index in [1.807, 2.05) is 0 Å². The van der Waals surface area contributed by atoms with E-state index >= 15 is 0 Å². The monoisotopic (exact) mass is 293 g/mol. The van der Waals surface area contributed by atoms with Crippen molar-refractivity contribution in [3.05, 3.63) is 40.3 Å². The summed E-state index contributed by atoms with van der Waals surface area (Å²) in [7, 11) is 0. The van der Waals surface area contributed by atoms with Crippen LogP contribution in [0, 0.1) is 0 Å². The molecule has 0 aliphatic rings. The van der Waals surface area contributed by atoms with Crippen LogP contribution < -0.4 is 10.6 Å². The highest BCUT2D eigenvalue weighted by atomic mass is 32.1. The molecule has 0 atom stereocenters. The van der Waals surface area contributed by atoms with Crippen molar-refractivity contribution in [1.82, 2.24) is 10.3 Å². The number of amides is 2. The molecule has 0 saturated carbocycles. The molecular formula is C12H11N3O4S. The Morgan fingerprint density at radius 1 is 1.35 bits per heavy atom. The molecule has 2 rings (SSSR count). The van der Waals surface area contributed by atoms with E-state index in [1.54, 1.807) is 11.6 Å². The third kappa shape index (κ3) is 3.45. The molecule has 8 heteroatoms. The molecule has 0 fully saturated rings. The van der Waals surface area contributed by atoms with Crippen LogP contribution in [0.5, 0.6) is 5.75 Å². The van der Waals surface area contributed by atoms with Gasteiger partial charge in [0.25, 0.3) is 0 Å². The van der Waals surface area contributed by atoms with Crippen molar-refractivity contribution in [2.45, 2.75) is 6.54 Å². The molecule has 20 heavy (non-hydrogen) atoms. The van der Waals surface area contributed by atoms with Gasteiger partial charge in [-0.2, -0.15) is 0 Å². The van der Waals surface area contributed by atoms with Crippen molar-refractivity contribution in [3.63, 3.8) is 0 Å². The van der Waals surface area contributed by atoms with Crippen molar-refractivity contribution in [2.75, 3.05) is 5.32 Å². The van der Waals surface area contributed by atoms with Crippen molar-refractivity contribution >= 4 is 29.0 Å². The number of aromatic nitrogens is 1. The lowest BCUT2D eigenvalue weighted by Crippen LogP contribution is -2.28. The standard InChI is InChI=1S/C12H11N3O4S/c16-9-5-7(11(17)18)1-2-8(9)15-12(19)14-6-10-13-3-4-20-10/h1-5,16H,6H2,(H,17,18)(H2,14,15,19). The third-order valence-electron chi connectivity index (χ3n) is 2.38. The van der Waals surface area contributed by atoms with E-state index in [2.05, 4.69) is 15.6 Å². The second-order valence-corrected chi connectivity index (χ2v) is 4.75. The maximum absolute atomic E-state index is 11.6. The van der Waals surface area contributed by atoms with Gasteiger partial charge in [-0.15, -0.1) is 11.3 Å². The maximum atomic E-state index is 11.6. The number of anilines is 1. The molecule has 7 nitrogen and oxygen atoms in total. The van der Waals surface area contributed by atoms with Gasteiger partial charge >= 0.3 is 12.0 Å². The summed E-state index contributed by atoms with van der Waals surface area (Å²) in [4.78, 5) is 26.3. The normalized spacial score (nSPS) is 10.0. The molecule has 0 radical (unpaired) electrons. The minimum atomic E-state index is -1.15. The minimum absolute atomic E-state index is 0.0590. The number of aromatic carboxylic acids is 1. The number of urea groups is 1. The van der Waals surface area contributed by atoms with E-state index in [9.17, 15) is 14.7 Å². The Hall–Kier alpha value is -2.61. The summed E-state index contributed by atoms with van der Waals surface area (Å²) in [5.41, 5.74) is 0.0721. The molecule has 2 amide bonds. The van der Waals surface area contributed by atoms with E-state index in [4.69, 9.17) is 5.11 Å². The molecule has 1 heterocycles. The summed E-state index contributed by atoms with van der Waals surface area (Å²) >= 11 is 1.41. The molecule has 0 aliphatic heterocycles. The SMILES string of the molecule is O=C(NCc1nccs1)Nc1ccc(C(=O)O)cc1O. The highest BCUT2D eigenvalue weighted by Crippen LogP contribution is 2.24. The van der Waals surface area contributed by atoms with E-state index in [1.165, 1.54) is 23.5 Å². The number of carbonyl (C=O) groups excluding carboxylic acids is 1. The van der Waals surface area contributed by atoms with E-state index in [0.717, 1.165) is 11.1 Å². The average Bonchev–Trinajstić information content (AvgIpc) is 2.91. The van der Waals surface area contributed by atoms with Gasteiger partial charge < -0.3 is 20.8 Å². The van der Waals surface area contributed by atoms with Gasteiger partial charge in [-0.1, -0.05) is 0 Å². The first kappa shape index (κ1) is 13.8. The quantitative estimate of drug-likeness (QED) is 0.643. The summed E-state index contributed by atoms with van der Waals surface area (Å²) in [5.74, 6) is -1.46. The fourth-order valence-electron chi connectivity index (χ4n) is 1.43. The van der Waals surface area contributed by atoms with Gasteiger partial charge in [0.1, 0.15) is 10.8 Å². The van der Waals surface area contributed by atoms with Crippen LogP contribution in [0.15, 0.2) is 29.8 Å². The highest BCUT2D eigenvalue weighted by molar-refractivity contribution is 7.09. The number of carboxylic acid groups (broad SMARTS) is 1. The third-order valence-corrected chi connectivity index (χ3v) is 3.16. The number of nitrogens with zero attached hydrogens (tertiary/aromatic N) is 1. The molecule has 2 aromatic rings. The first-order valence-electron chi connectivity index (χ1n) is 5.56. The number of benzene rings is 1. The number of hydrogen-bond donors (Lipinski definition) is 4. The Balaban J connectivity index is 1.95. The Labute approximate surface area is 117 Å². The number of rotatable bonds is 4. The zero-order valence-corrected chi connectivity index (χ0v) is 11.0. The second-order valence-electron chi connectivity index (χ2n) is 3.77. The fraction of sp³-hybridized carbons (Fsp3) is 0.0833. The van der Waals surface area contributed by atoms with Crippen LogP contribution in [0.2, 0.25) is 0 Å². The Morgan fingerprint density at radius 3 is 2.75 bits per heavy atom. The molecule has 0 spiro atoms. The van der Waals surface area contributed by atoms with Crippen LogP contribution in [0.1, 0.15) is 15.4 Å². The Morgan fingerprint density at radius 2 is 2.15 bits per heavy atom. The average molecular weight is 293 g/mol. The first-order valence-corrected chi connectivity index (χ1v) is 6.44. The maximum Gasteiger partial charge on any atom is 0.335 e. The van der Waals surface area contributed by atoms with Crippen LogP contribution in [0.3, 0.4) is 0 Å². The zero-order valence-electron chi connectivity index (χ0n) is 10.2. The predicted octanol–water partition coefficient (Wildman–Crippen LogP) is 1.87. The zero-order chi connectivity index (χ0) is 14.5. The van der Waals surface area contributed by atoms with Crippen LogP contribution in [-0.2, 0) is 6.54 Å². The number of phenols is 1. The number of carboxylic acids is 1. The predicted molar refractivity (Wildman–Crippen MR) is 73.0 cm³/mol. The molecule has 0 aliphatic carbocycles. The summed E-state index contributed by atoms with van der Waals surface area (Å²) in [6.07, 6.45) is 1.63. The molecule has 4 N–H and O–H groups in total. The van der Waals surface area contributed by atoms with Gasteiger partial charge in [-0.3, -0.25) is 0 Å². The van der Waals surface area contributed by atoms with Crippen LogP contribution in [0.4, 0.5) is 10.5 Å². The minimum Gasteiger partial charge on any atom is -0.506 e. The summed E-state index contributed by atoms with van der Waals surface area (Å²) in [6.45, 7) is 0.275. The lowest BCUT2D eigenvalue weighted by atomic mass is 10.2. The number of aromatic hydroxyl groups is 1. The van der Waals surface area contributed by atoms with Gasteiger partial charge in [0.05, 0.1) is 17.8 Å². The molecular weight excluding hydrogens is 282 g/mol. The molecule has 104 valence electrons. The number of nitrogens with one attached hydrogen (secondary N) is 2. The molecule has 0 bridgehead atoms. The lowest BCUT2D eigenvalue weighted by Gasteiger charge is -2.08. The van der Waals surface area contributed by atoms with E-state index in [-0.39, 0.29) is 23.5 Å². The first-order chi connectivity index (χ1) is 9.56. The van der Waals surface area contributed by atoms with E-state index in [0.29, 0.717) is 0 Å². The van der Waals surface area contributed by atoms with Crippen molar-refractivity contribution < 1.29 is 19.8 Å². The lowest BCUT2D eigenvalue weighted by molar-refractivity contribution is 0.0696. The van der Waals surface area contributed by atoms with Crippen molar-refractivity contribution in [1.29, 1.82) is 0 Å². The highest BCUT2D eigenvalue weighted by Gasteiger charge is 2.10. The number of phenolic OH excluding ortho intramolecular Hbond substituents is 1. The van der Waals surface area contributed by atoms with Crippen LogP contribution in [-0.4, -0.2) is 27.2 Å². The topological polar surface area (TPSA) is 112 Å². The molecule has 0 unspecified atom stereocenters. The van der Waals surface area contributed by atoms with Crippen LogP contribution in [0.25, 0.3) is 0 Å². The van der Waals surface area contributed by atoms with Gasteiger partial charge in [0.15, 0.2) is 0 Å². The largest absolute Gasteiger partial charge is 0.506 e. The van der Waals surface area contributed by atoms with Gasteiger partial charge in [0.2, 0.25) is 0 Å². The van der Waals surface area contributed by atoms with Crippen LogP contribution >= 0.6 is 11.3 Å². The number of thiazole rings is 1. The van der Waals surface area contributed by atoms with Gasteiger partial charge in [-0.25, -0.2) is 14.6 Å². The van der Waals surface area contributed by atoms with Crippen molar-refractivity contribution in [3.8, 4) is 5.75 Å². The summed E-state index contributed by atoms with van der Waals surface area (Å²) < 4.78 is 0. The molecule has 1 aromatic carbocycles. The van der Waals surface area contributed by atoms with E-state index < -0.39 is 12.0 Å². The second kappa shape index (κ2) is 6.02. The van der Waals surface area contributed by atoms with Gasteiger partial charge in [-0.05, 0) is 18.2 Å². The summed E-state index contributed by atoms with van der Waals surface area (Å²) in [5, 5.41) is 25.9. The number of carbonyl (C=O) groups is 2. The smallest absolute Gasteiger partial charge is 0.335 e. The number of hydrogen-bond acceptors (Lipinski definition) is 5. The Bertz CT molecular complexity index is 628. The molecule has 0 saturated heterocycles. The molecule has 1 aromatic heterocycles.